The summed E-state index contributed by atoms with van der Waals surface area (Å²) in [6.45, 7) is 1.48. The van der Waals surface area contributed by atoms with Crippen molar-refractivity contribution in [3.05, 3.63) is 0 Å². The fourth-order valence-corrected chi connectivity index (χ4v) is 3.78. The van der Waals surface area contributed by atoms with Crippen LogP contribution in [0.3, 0.4) is 0 Å². The molecule has 2 fully saturated rings. The lowest BCUT2D eigenvalue weighted by Gasteiger charge is -2.27. The van der Waals surface area contributed by atoms with Gasteiger partial charge in [-0.25, -0.2) is 12.8 Å². The molecule has 0 bridgehead atoms. The second kappa shape index (κ2) is 4.58. The highest BCUT2D eigenvalue weighted by Gasteiger charge is 2.34. The van der Waals surface area contributed by atoms with Gasteiger partial charge in [0.2, 0.25) is 0 Å². The fourth-order valence-electron chi connectivity index (χ4n) is 2.29. The maximum absolute atomic E-state index is 14.0. The molecule has 16 heavy (non-hydrogen) atoms. The maximum atomic E-state index is 14.0. The molecule has 0 aromatic carbocycles. The summed E-state index contributed by atoms with van der Waals surface area (Å²) in [6, 6.07) is 0.164. The monoisotopic (exact) mass is 250 g/mol. The molecule has 2 N–H and O–H groups in total. The lowest BCUT2D eigenvalue weighted by Crippen LogP contribution is -2.45. The molecule has 0 saturated carbocycles. The zero-order chi connectivity index (χ0) is 11.6. The third-order valence-electron chi connectivity index (χ3n) is 3.45. The minimum Gasteiger partial charge on any atom is -0.313 e. The molecule has 1 atom stereocenters. The van der Waals surface area contributed by atoms with Crippen molar-refractivity contribution in [2.75, 3.05) is 31.1 Å². The molecule has 2 rings (SSSR count). The van der Waals surface area contributed by atoms with Crippen molar-refractivity contribution in [2.24, 2.45) is 0 Å². The van der Waals surface area contributed by atoms with Crippen molar-refractivity contribution in [3.63, 3.8) is 0 Å². The normalized spacial score (nSPS) is 35.3. The number of sulfone groups is 1. The van der Waals surface area contributed by atoms with Crippen molar-refractivity contribution >= 4 is 9.84 Å². The molecule has 0 aliphatic carbocycles. The number of alkyl halides is 1. The molecule has 2 heterocycles. The largest absolute Gasteiger partial charge is 0.313 e. The SMILES string of the molecule is O=S1(=O)CCC(NCC2(F)CCNC2)CC1. The van der Waals surface area contributed by atoms with Crippen LogP contribution in [0.5, 0.6) is 0 Å². The first-order chi connectivity index (χ1) is 7.49. The molecule has 2 saturated heterocycles. The Balaban J connectivity index is 1.75. The standard InChI is InChI=1S/C10H19FN2O2S/c11-10(3-4-12-7-10)8-13-9-1-5-16(14,15)6-2-9/h9,12-13H,1-8H2. The first-order valence-corrected chi connectivity index (χ1v) is 7.65. The highest BCUT2D eigenvalue weighted by Crippen LogP contribution is 2.20. The molecule has 0 amide bonds. The van der Waals surface area contributed by atoms with Crippen molar-refractivity contribution in [2.45, 2.75) is 31.0 Å². The van der Waals surface area contributed by atoms with E-state index in [-0.39, 0.29) is 17.5 Å². The number of halogens is 1. The molecule has 0 spiro atoms. The third kappa shape index (κ3) is 3.15. The van der Waals surface area contributed by atoms with Crippen LogP contribution in [-0.4, -0.2) is 51.3 Å². The molecular weight excluding hydrogens is 231 g/mol. The lowest BCUT2D eigenvalue weighted by atomic mass is 10.0. The summed E-state index contributed by atoms with van der Waals surface area (Å²) in [6.07, 6.45) is 1.78. The van der Waals surface area contributed by atoms with Crippen LogP contribution in [0.1, 0.15) is 19.3 Å². The van der Waals surface area contributed by atoms with E-state index in [2.05, 4.69) is 10.6 Å². The van der Waals surface area contributed by atoms with E-state index in [0.717, 1.165) is 6.54 Å². The molecule has 4 nitrogen and oxygen atoms in total. The second-order valence-electron chi connectivity index (χ2n) is 4.88. The van der Waals surface area contributed by atoms with E-state index in [4.69, 9.17) is 0 Å². The van der Waals surface area contributed by atoms with Gasteiger partial charge in [-0.2, -0.15) is 0 Å². The Morgan fingerprint density at radius 1 is 1.38 bits per heavy atom. The Morgan fingerprint density at radius 3 is 2.62 bits per heavy atom. The molecule has 0 radical (unpaired) electrons. The molecular formula is C10H19FN2O2S. The lowest BCUT2D eigenvalue weighted by molar-refractivity contribution is 0.177. The highest BCUT2D eigenvalue weighted by molar-refractivity contribution is 7.91. The van der Waals surface area contributed by atoms with E-state index in [9.17, 15) is 12.8 Å². The molecule has 6 heteroatoms. The van der Waals surface area contributed by atoms with Crippen LogP contribution in [0, 0.1) is 0 Å². The zero-order valence-electron chi connectivity index (χ0n) is 9.34. The van der Waals surface area contributed by atoms with E-state index in [0.29, 0.717) is 32.4 Å². The van der Waals surface area contributed by atoms with Gasteiger partial charge in [-0.3, -0.25) is 0 Å². The van der Waals surface area contributed by atoms with E-state index >= 15 is 0 Å². The van der Waals surface area contributed by atoms with Crippen LogP contribution >= 0.6 is 0 Å². The van der Waals surface area contributed by atoms with Crippen LogP contribution in [-0.2, 0) is 9.84 Å². The predicted molar refractivity (Wildman–Crippen MR) is 61.0 cm³/mol. The van der Waals surface area contributed by atoms with Gasteiger partial charge in [0.15, 0.2) is 0 Å². The molecule has 0 aromatic rings. The van der Waals surface area contributed by atoms with E-state index in [1.165, 1.54) is 0 Å². The Bertz CT molecular complexity index is 325. The summed E-state index contributed by atoms with van der Waals surface area (Å²) in [5.74, 6) is 0.477. The second-order valence-corrected chi connectivity index (χ2v) is 7.19. The smallest absolute Gasteiger partial charge is 0.150 e. The minimum atomic E-state index is -2.81. The van der Waals surface area contributed by atoms with Gasteiger partial charge in [-0.15, -0.1) is 0 Å². The van der Waals surface area contributed by atoms with Crippen LogP contribution < -0.4 is 10.6 Å². The molecule has 1 unspecified atom stereocenters. The Hall–Kier alpha value is -0.200. The summed E-state index contributed by atoms with van der Waals surface area (Å²) in [5, 5.41) is 6.17. The summed E-state index contributed by atoms with van der Waals surface area (Å²) in [4.78, 5) is 0. The maximum Gasteiger partial charge on any atom is 0.150 e. The van der Waals surface area contributed by atoms with Gasteiger partial charge in [0.05, 0.1) is 11.5 Å². The van der Waals surface area contributed by atoms with Gasteiger partial charge in [-0.1, -0.05) is 0 Å². The quantitative estimate of drug-likeness (QED) is 0.732. The molecule has 94 valence electrons. The molecule has 0 aromatic heterocycles. The van der Waals surface area contributed by atoms with Crippen LogP contribution in [0.2, 0.25) is 0 Å². The van der Waals surface area contributed by atoms with Gasteiger partial charge in [0.1, 0.15) is 15.5 Å². The van der Waals surface area contributed by atoms with Crippen LogP contribution in [0.25, 0.3) is 0 Å². The first-order valence-electron chi connectivity index (χ1n) is 5.83. The van der Waals surface area contributed by atoms with Gasteiger partial charge >= 0.3 is 0 Å². The van der Waals surface area contributed by atoms with Crippen LogP contribution in [0.4, 0.5) is 4.39 Å². The number of rotatable bonds is 3. The van der Waals surface area contributed by atoms with Crippen molar-refractivity contribution in [1.82, 2.24) is 10.6 Å². The Labute approximate surface area is 95.9 Å². The topological polar surface area (TPSA) is 58.2 Å². The van der Waals surface area contributed by atoms with Crippen molar-refractivity contribution in [3.8, 4) is 0 Å². The van der Waals surface area contributed by atoms with Gasteiger partial charge in [0, 0.05) is 19.1 Å². The third-order valence-corrected chi connectivity index (χ3v) is 5.17. The number of nitrogens with one attached hydrogen (secondary N) is 2. The summed E-state index contributed by atoms with van der Waals surface area (Å²) in [5.41, 5.74) is -1.14. The predicted octanol–water partition coefficient (Wildman–Crippen LogP) is -0.145. The van der Waals surface area contributed by atoms with Gasteiger partial charge in [-0.05, 0) is 25.8 Å². The fraction of sp³-hybridized carbons (Fsp3) is 1.00. The summed E-state index contributed by atoms with van der Waals surface area (Å²) < 4.78 is 36.4. The van der Waals surface area contributed by atoms with Crippen molar-refractivity contribution in [1.29, 1.82) is 0 Å². The number of hydrogen-bond donors (Lipinski definition) is 2. The summed E-state index contributed by atoms with van der Waals surface area (Å²) in [7, 11) is -2.81. The highest BCUT2D eigenvalue weighted by atomic mass is 32.2. The van der Waals surface area contributed by atoms with E-state index in [1.54, 1.807) is 0 Å². The first kappa shape index (κ1) is 12.3. The number of hydrogen-bond acceptors (Lipinski definition) is 4. The average molecular weight is 250 g/mol. The van der Waals surface area contributed by atoms with E-state index < -0.39 is 15.5 Å². The van der Waals surface area contributed by atoms with Crippen molar-refractivity contribution < 1.29 is 12.8 Å². The Kier molecular flexibility index (Phi) is 3.51. The van der Waals surface area contributed by atoms with E-state index in [1.807, 2.05) is 0 Å². The molecule has 2 aliphatic heterocycles. The summed E-state index contributed by atoms with van der Waals surface area (Å²) >= 11 is 0. The Morgan fingerprint density at radius 2 is 2.06 bits per heavy atom. The van der Waals surface area contributed by atoms with Gasteiger partial charge < -0.3 is 10.6 Å². The molecule has 2 aliphatic rings. The minimum absolute atomic E-state index is 0.164. The van der Waals surface area contributed by atoms with Crippen LogP contribution in [0.15, 0.2) is 0 Å². The average Bonchev–Trinajstić information content (AvgIpc) is 2.64. The zero-order valence-corrected chi connectivity index (χ0v) is 10.2. The van der Waals surface area contributed by atoms with Gasteiger partial charge in [0.25, 0.3) is 0 Å².